The van der Waals surface area contributed by atoms with Crippen molar-refractivity contribution in [1.82, 2.24) is 9.55 Å². The van der Waals surface area contributed by atoms with Crippen molar-refractivity contribution in [2.24, 2.45) is 0 Å². The predicted octanol–water partition coefficient (Wildman–Crippen LogP) is 3.19. The summed E-state index contributed by atoms with van der Waals surface area (Å²) in [6, 6.07) is 6.00. The summed E-state index contributed by atoms with van der Waals surface area (Å²) in [6.07, 6.45) is 0. The number of carboxylic acid groups (broad SMARTS) is 1. The number of carbonyl (C=O) groups is 1. The SMILES string of the molecule is CCOc1cccc2c1nc(SCC(=O)O)n2C(C)C. The van der Waals surface area contributed by atoms with Gasteiger partial charge in [-0.25, -0.2) is 4.98 Å². The molecule has 0 aliphatic heterocycles. The molecule has 0 aliphatic rings. The summed E-state index contributed by atoms with van der Waals surface area (Å²) in [4.78, 5) is 15.3. The van der Waals surface area contributed by atoms with Gasteiger partial charge in [0, 0.05) is 6.04 Å². The van der Waals surface area contributed by atoms with Gasteiger partial charge in [-0.05, 0) is 32.9 Å². The van der Waals surface area contributed by atoms with Crippen molar-refractivity contribution in [1.29, 1.82) is 0 Å². The normalized spacial score (nSPS) is 11.2. The minimum Gasteiger partial charge on any atom is -0.492 e. The molecule has 0 bridgehead atoms. The van der Waals surface area contributed by atoms with E-state index in [0.29, 0.717) is 11.8 Å². The molecular weight excluding hydrogens is 276 g/mol. The Kier molecular flexibility index (Phi) is 4.54. The number of nitrogens with zero attached hydrogens (tertiary/aromatic N) is 2. The highest BCUT2D eigenvalue weighted by atomic mass is 32.2. The minimum atomic E-state index is -0.845. The second-order valence-corrected chi connectivity index (χ2v) is 5.54. The molecule has 6 heteroatoms. The van der Waals surface area contributed by atoms with Gasteiger partial charge in [0.15, 0.2) is 5.16 Å². The van der Waals surface area contributed by atoms with Crippen LogP contribution in [0.5, 0.6) is 5.75 Å². The molecule has 2 rings (SSSR count). The number of hydrogen-bond donors (Lipinski definition) is 1. The van der Waals surface area contributed by atoms with Gasteiger partial charge in [-0.1, -0.05) is 17.8 Å². The summed E-state index contributed by atoms with van der Waals surface area (Å²) >= 11 is 1.23. The molecule has 20 heavy (non-hydrogen) atoms. The van der Waals surface area contributed by atoms with Crippen LogP contribution in [0.1, 0.15) is 26.8 Å². The average Bonchev–Trinajstić information content (AvgIpc) is 2.76. The number of imidazole rings is 1. The van der Waals surface area contributed by atoms with E-state index in [1.807, 2.05) is 29.7 Å². The number of para-hydroxylation sites is 1. The molecule has 0 unspecified atom stereocenters. The zero-order valence-corrected chi connectivity index (χ0v) is 12.6. The topological polar surface area (TPSA) is 64.3 Å². The molecule has 2 aromatic rings. The van der Waals surface area contributed by atoms with Crippen LogP contribution in [0.3, 0.4) is 0 Å². The first kappa shape index (κ1) is 14.7. The first-order valence-corrected chi connectivity index (χ1v) is 7.51. The van der Waals surface area contributed by atoms with Crippen LogP contribution in [-0.4, -0.2) is 33.0 Å². The van der Waals surface area contributed by atoms with Gasteiger partial charge in [0.1, 0.15) is 11.3 Å². The van der Waals surface area contributed by atoms with E-state index in [4.69, 9.17) is 9.84 Å². The molecule has 108 valence electrons. The summed E-state index contributed by atoms with van der Waals surface area (Å²) in [5.74, 6) is -0.107. The zero-order valence-electron chi connectivity index (χ0n) is 11.8. The first-order chi connectivity index (χ1) is 9.54. The Morgan fingerprint density at radius 2 is 2.25 bits per heavy atom. The van der Waals surface area contributed by atoms with Crippen molar-refractivity contribution < 1.29 is 14.6 Å². The standard InChI is InChI=1S/C14H18N2O3S/c1-4-19-11-7-5-6-10-13(11)15-14(16(10)9(2)3)20-8-12(17)18/h5-7,9H,4,8H2,1-3H3,(H,17,18). The molecule has 1 aromatic heterocycles. The van der Waals surface area contributed by atoms with Crippen LogP contribution in [0.2, 0.25) is 0 Å². The van der Waals surface area contributed by atoms with Crippen LogP contribution < -0.4 is 4.74 Å². The quantitative estimate of drug-likeness (QED) is 0.829. The van der Waals surface area contributed by atoms with E-state index in [1.54, 1.807) is 0 Å². The van der Waals surface area contributed by atoms with Crippen molar-refractivity contribution in [3.63, 3.8) is 0 Å². The van der Waals surface area contributed by atoms with Crippen LogP contribution >= 0.6 is 11.8 Å². The summed E-state index contributed by atoms with van der Waals surface area (Å²) in [5.41, 5.74) is 1.76. The van der Waals surface area contributed by atoms with E-state index in [2.05, 4.69) is 18.8 Å². The van der Waals surface area contributed by atoms with Crippen molar-refractivity contribution in [2.45, 2.75) is 32.0 Å². The molecular formula is C14H18N2O3S. The fourth-order valence-corrected chi connectivity index (χ4v) is 2.93. The summed E-state index contributed by atoms with van der Waals surface area (Å²) in [7, 11) is 0. The van der Waals surface area contributed by atoms with Gasteiger partial charge < -0.3 is 14.4 Å². The lowest BCUT2D eigenvalue weighted by Crippen LogP contribution is -2.05. The molecule has 0 atom stereocenters. The monoisotopic (exact) mass is 294 g/mol. The fraction of sp³-hybridized carbons (Fsp3) is 0.429. The Hall–Kier alpha value is -1.69. The lowest BCUT2D eigenvalue weighted by atomic mass is 10.2. The zero-order chi connectivity index (χ0) is 14.7. The van der Waals surface area contributed by atoms with Gasteiger partial charge in [-0.15, -0.1) is 0 Å². The Labute approximate surface area is 121 Å². The molecule has 0 radical (unpaired) electrons. The second-order valence-electron chi connectivity index (χ2n) is 4.60. The van der Waals surface area contributed by atoms with Gasteiger partial charge >= 0.3 is 5.97 Å². The molecule has 0 amide bonds. The first-order valence-electron chi connectivity index (χ1n) is 6.53. The summed E-state index contributed by atoms with van der Waals surface area (Å²) < 4.78 is 7.64. The smallest absolute Gasteiger partial charge is 0.313 e. The number of benzene rings is 1. The molecule has 0 fully saturated rings. The Morgan fingerprint density at radius 3 is 2.85 bits per heavy atom. The number of thioether (sulfide) groups is 1. The maximum absolute atomic E-state index is 10.8. The number of hydrogen-bond acceptors (Lipinski definition) is 4. The predicted molar refractivity (Wildman–Crippen MR) is 79.6 cm³/mol. The Balaban J connectivity index is 2.53. The maximum Gasteiger partial charge on any atom is 0.313 e. The van der Waals surface area contributed by atoms with E-state index in [0.717, 1.165) is 16.8 Å². The summed E-state index contributed by atoms with van der Waals surface area (Å²) in [5, 5.41) is 9.55. The third-order valence-corrected chi connectivity index (χ3v) is 3.73. The number of ether oxygens (including phenoxy) is 1. The van der Waals surface area contributed by atoms with E-state index in [9.17, 15) is 4.79 Å². The average molecular weight is 294 g/mol. The maximum atomic E-state index is 10.8. The third-order valence-electron chi connectivity index (χ3n) is 2.79. The highest BCUT2D eigenvalue weighted by Gasteiger charge is 2.17. The van der Waals surface area contributed by atoms with Crippen LogP contribution in [0.25, 0.3) is 11.0 Å². The van der Waals surface area contributed by atoms with Crippen LogP contribution in [0.4, 0.5) is 0 Å². The molecule has 0 saturated carbocycles. The van der Waals surface area contributed by atoms with Crippen LogP contribution in [0.15, 0.2) is 23.4 Å². The van der Waals surface area contributed by atoms with Crippen molar-refractivity contribution in [3.8, 4) is 5.75 Å². The minimum absolute atomic E-state index is 0.0000101. The molecule has 1 aromatic carbocycles. The Bertz CT molecular complexity index is 622. The number of aliphatic carboxylic acids is 1. The molecule has 0 saturated heterocycles. The Morgan fingerprint density at radius 1 is 1.50 bits per heavy atom. The number of fused-ring (bicyclic) bond motifs is 1. The highest BCUT2D eigenvalue weighted by molar-refractivity contribution is 7.99. The second kappa shape index (κ2) is 6.17. The van der Waals surface area contributed by atoms with Crippen molar-refractivity contribution in [2.75, 3.05) is 12.4 Å². The third kappa shape index (κ3) is 2.90. The van der Waals surface area contributed by atoms with Crippen molar-refractivity contribution >= 4 is 28.8 Å². The lowest BCUT2D eigenvalue weighted by molar-refractivity contribution is -0.133. The van der Waals surface area contributed by atoms with Gasteiger partial charge in [0.2, 0.25) is 0 Å². The van der Waals surface area contributed by atoms with Gasteiger partial charge in [-0.3, -0.25) is 4.79 Å². The molecule has 1 N–H and O–H groups in total. The number of carboxylic acids is 1. The van der Waals surface area contributed by atoms with E-state index >= 15 is 0 Å². The summed E-state index contributed by atoms with van der Waals surface area (Å²) in [6.45, 7) is 6.61. The highest BCUT2D eigenvalue weighted by Crippen LogP contribution is 2.32. The van der Waals surface area contributed by atoms with Gasteiger partial charge in [-0.2, -0.15) is 0 Å². The number of rotatable bonds is 6. The van der Waals surface area contributed by atoms with E-state index in [1.165, 1.54) is 11.8 Å². The van der Waals surface area contributed by atoms with Crippen LogP contribution in [-0.2, 0) is 4.79 Å². The van der Waals surface area contributed by atoms with E-state index < -0.39 is 5.97 Å². The van der Waals surface area contributed by atoms with Gasteiger partial charge in [0.05, 0.1) is 17.9 Å². The van der Waals surface area contributed by atoms with Crippen LogP contribution in [0, 0.1) is 0 Å². The fourth-order valence-electron chi connectivity index (χ4n) is 2.07. The van der Waals surface area contributed by atoms with Crippen molar-refractivity contribution in [3.05, 3.63) is 18.2 Å². The van der Waals surface area contributed by atoms with E-state index in [-0.39, 0.29) is 11.8 Å². The van der Waals surface area contributed by atoms with Gasteiger partial charge in [0.25, 0.3) is 0 Å². The molecule has 1 heterocycles. The molecule has 0 aliphatic carbocycles. The largest absolute Gasteiger partial charge is 0.492 e. The number of aromatic nitrogens is 2. The lowest BCUT2D eigenvalue weighted by Gasteiger charge is -2.12. The molecule has 5 nitrogen and oxygen atoms in total. The molecule has 0 spiro atoms.